The standard InChI is InChI=1S/C13H20N2O/c1-10-7-14-13(11-4-5-11)9-15(10)8-12-3-2-6-16-12/h2-3,6,10-11,13-14H,4-5,7-9H2,1H3. The molecule has 2 aliphatic rings. The lowest BCUT2D eigenvalue weighted by Crippen LogP contribution is -2.55. The Kier molecular flexibility index (Phi) is 2.74. The van der Waals surface area contributed by atoms with E-state index in [0.29, 0.717) is 12.1 Å². The second kappa shape index (κ2) is 4.22. The molecule has 1 N–H and O–H groups in total. The first-order valence-corrected chi connectivity index (χ1v) is 6.33. The summed E-state index contributed by atoms with van der Waals surface area (Å²) in [5.41, 5.74) is 0. The molecule has 0 aromatic carbocycles. The highest BCUT2D eigenvalue weighted by Crippen LogP contribution is 2.34. The van der Waals surface area contributed by atoms with E-state index in [0.717, 1.165) is 24.8 Å². The van der Waals surface area contributed by atoms with Gasteiger partial charge in [-0.25, -0.2) is 0 Å². The van der Waals surface area contributed by atoms with Crippen molar-refractivity contribution >= 4 is 0 Å². The zero-order valence-electron chi connectivity index (χ0n) is 9.86. The predicted octanol–water partition coefficient (Wildman–Crippen LogP) is 1.85. The number of piperazine rings is 1. The first kappa shape index (κ1) is 10.4. The number of nitrogens with one attached hydrogen (secondary N) is 1. The molecule has 0 bridgehead atoms. The summed E-state index contributed by atoms with van der Waals surface area (Å²) in [6.45, 7) is 5.53. The topological polar surface area (TPSA) is 28.4 Å². The maximum absolute atomic E-state index is 5.43. The number of rotatable bonds is 3. The Morgan fingerprint density at radius 3 is 3.06 bits per heavy atom. The molecule has 1 saturated carbocycles. The summed E-state index contributed by atoms with van der Waals surface area (Å²) in [6, 6.07) is 5.37. The summed E-state index contributed by atoms with van der Waals surface area (Å²) >= 11 is 0. The van der Waals surface area contributed by atoms with Gasteiger partial charge >= 0.3 is 0 Å². The average Bonchev–Trinajstić information content (AvgIpc) is 3.01. The molecule has 2 atom stereocenters. The Labute approximate surface area is 96.8 Å². The number of hydrogen-bond acceptors (Lipinski definition) is 3. The fourth-order valence-electron chi connectivity index (χ4n) is 2.59. The van der Waals surface area contributed by atoms with Crippen LogP contribution in [0.2, 0.25) is 0 Å². The molecule has 3 heteroatoms. The molecule has 2 fully saturated rings. The molecule has 1 aromatic rings. The van der Waals surface area contributed by atoms with Gasteiger partial charge in [-0.1, -0.05) is 0 Å². The number of furan rings is 1. The van der Waals surface area contributed by atoms with Gasteiger partial charge in [-0.2, -0.15) is 0 Å². The highest BCUT2D eigenvalue weighted by atomic mass is 16.3. The lowest BCUT2D eigenvalue weighted by molar-refractivity contribution is 0.117. The Balaban J connectivity index is 1.62. The van der Waals surface area contributed by atoms with Crippen LogP contribution in [0.4, 0.5) is 0 Å². The lowest BCUT2D eigenvalue weighted by atomic mass is 10.1. The van der Waals surface area contributed by atoms with Gasteiger partial charge < -0.3 is 9.73 Å². The van der Waals surface area contributed by atoms with E-state index >= 15 is 0 Å². The van der Waals surface area contributed by atoms with Gasteiger partial charge in [0.15, 0.2) is 0 Å². The van der Waals surface area contributed by atoms with E-state index in [9.17, 15) is 0 Å². The Morgan fingerprint density at radius 2 is 2.38 bits per heavy atom. The molecule has 0 amide bonds. The van der Waals surface area contributed by atoms with Gasteiger partial charge in [0.05, 0.1) is 12.8 Å². The van der Waals surface area contributed by atoms with Crippen LogP contribution in [0.3, 0.4) is 0 Å². The molecule has 2 unspecified atom stereocenters. The van der Waals surface area contributed by atoms with Gasteiger partial charge in [0.2, 0.25) is 0 Å². The van der Waals surface area contributed by atoms with Crippen LogP contribution < -0.4 is 5.32 Å². The van der Waals surface area contributed by atoms with Gasteiger partial charge in [0.1, 0.15) is 5.76 Å². The quantitative estimate of drug-likeness (QED) is 0.842. The SMILES string of the molecule is CC1CNC(C2CC2)CN1Cc1ccco1. The fraction of sp³-hybridized carbons (Fsp3) is 0.692. The van der Waals surface area contributed by atoms with E-state index in [1.165, 1.54) is 19.4 Å². The van der Waals surface area contributed by atoms with Crippen molar-refractivity contribution in [3.05, 3.63) is 24.2 Å². The van der Waals surface area contributed by atoms with Crippen LogP contribution in [-0.4, -0.2) is 30.1 Å². The zero-order valence-corrected chi connectivity index (χ0v) is 9.86. The lowest BCUT2D eigenvalue weighted by Gasteiger charge is -2.38. The zero-order chi connectivity index (χ0) is 11.0. The highest BCUT2D eigenvalue weighted by Gasteiger charge is 2.36. The molecule has 0 radical (unpaired) electrons. The first-order valence-electron chi connectivity index (χ1n) is 6.33. The molecule has 1 saturated heterocycles. The van der Waals surface area contributed by atoms with Crippen molar-refractivity contribution in [2.45, 2.75) is 38.4 Å². The maximum atomic E-state index is 5.43. The van der Waals surface area contributed by atoms with E-state index in [1.54, 1.807) is 6.26 Å². The highest BCUT2D eigenvalue weighted by molar-refractivity contribution is 5.00. The Hall–Kier alpha value is -0.800. The Bertz CT molecular complexity index is 332. The first-order chi connectivity index (χ1) is 7.83. The molecular weight excluding hydrogens is 200 g/mol. The van der Waals surface area contributed by atoms with Crippen LogP contribution in [0.25, 0.3) is 0 Å². The minimum Gasteiger partial charge on any atom is -0.468 e. The molecule has 0 spiro atoms. The molecule has 1 aliphatic carbocycles. The van der Waals surface area contributed by atoms with Gasteiger partial charge in [0.25, 0.3) is 0 Å². The van der Waals surface area contributed by atoms with Crippen molar-refractivity contribution in [1.29, 1.82) is 0 Å². The van der Waals surface area contributed by atoms with Gasteiger partial charge in [0, 0.05) is 25.2 Å². The molecule has 3 nitrogen and oxygen atoms in total. The largest absolute Gasteiger partial charge is 0.468 e. The summed E-state index contributed by atoms with van der Waals surface area (Å²) in [5.74, 6) is 2.02. The van der Waals surface area contributed by atoms with Crippen LogP contribution in [-0.2, 0) is 6.54 Å². The average molecular weight is 220 g/mol. The summed E-state index contributed by atoms with van der Waals surface area (Å²) in [6.07, 6.45) is 4.60. The summed E-state index contributed by atoms with van der Waals surface area (Å²) < 4.78 is 5.43. The van der Waals surface area contributed by atoms with Crippen LogP contribution in [0.1, 0.15) is 25.5 Å². The predicted molar refractivity (Wildman–Crippen MR) is 63.1 cm³/mol. The van der Waals surface area contributed by atoms with E-state index < -0.39 is 0 Å². The van der Waals surface area contributed by atoms with Crippen molar-refractivity contribution in [3.63, 3.8) is 0 Å². The normalized spacial score (nSPS) is 31.8. The van der Waals surface area contributed by atoms with E-state index in [4.69, 9.17) is 4.42 Å². The van der Waals surface area contributed by atoms with Crippen LogP contribution in [0.15, 0.2) is 22.8 Å². The smallest absolute Gasteiger partial charge is 0.117 e. The third-order valence-electron chi connectivity index (χ3n) is 3.86. The summed E-state index contributed by atoms with van der Waals surface area (Å²) in [5, 5.41) is 3.67. The molecule has 3 rings (SSSR count). The fourth-order valence-corrected chi connectivity index (χ4v) is 2.59. The van der Waals surface area contributed by atoms with Crippen molar-refractivity contribution in [2.75, 3.05) is 13.1 Å². The Morgan fingerprint density at radius 1 is 1.50 bits per heavy atom. The van der Waals surface area contributed by atoms with E-state index in [-0.39, 0.29) is 0 Å². The van der Waals surface area contributed by atoms with Crippen molar-refractivity contribution < 1.29 is 4.42 Å². The minimum absolute atomic E-state index is 0.611. The molecule has 1 aromatic heterocycles. The van der Waals surface area contributed by atoms with Gasteiger partial charge in [-0.3, -0.25) is 4.90 Å². The van der Waals surface area contributed by atoms with Crippen LogP contribution >= 0.6 is 0 Å². The summed E-state index contributed by atoms with van der Waals surface area (Å²) in [4.78, 5) is 2.54. The van der Waals surface area contributed by atoms with Crippen molar-refractivity contribution in [1.82, 2.24) is 10.2 Å². The third-order valence-corrected chi connectivity index (χ3v) is 3.86. The van der Waals surface area contributed by atoms with Crippen LogP contribution in [0, 0.1) is 5.92 Å². The van der Waals surface area contributed by atoms with Crippen LogP contribution in [0.5, 0.6) is 0 Å². The molecule has 16 heavy (non-hydrogen) atoms. The molecule has 2 heterocycles. The van der Waals surface area contributed by atoms with Crippen molar-refractivity contribution in [3.8, 4) is 0 Å². The second-order valence-electron chi connectivity index (χ2n) is 5.21. The van der Waals surface area contributed by atoms with Crippen molar-refractivity contribution in [2.24, 2.45) is 5.92 Å². The van der Waals surface area contributed by atoms with Gasteiger partial charge in [-0.05, 0) is 37.8 Å². The monoisotopic (exact) mass is 220 g/mol. The van der Waals surface area contributed by atoms with E-state index in [1.807, 2.05) is 6.07 Å². The molecule has 88 valence electrons. The maximum Gasteiger partial charge on any atom is 0.117 e. The van der Waals surface area contributed by atoms with Gasteiger partial charge in [-0.15, -0.1) is 0 Å². The summed E-state index contributed by atoms with van der Waals surface area (Å²) in [7, 11) is 0. The second-order valence-corrected chi connectivity index (χ2v) is 5.21. The third kappa shape index (κ3) is 2.15. The molecular formula is C13H20N2O. The number of nitrogens with zero attached hydrogens (tertiary/aromatic N) is 1. The number of hydrogen-bond donors (Lipinski definition) is 1. The van der Waals surface area contributed by atoms with E-state index in [2.05, 4.69) is 23.2 Å². The minimum atomic E-state index is 0.611. The molecule has 1 aliphatic heterocycles.